The third-order valence-corrected chi connectivity index (χ3v) is 3.91. The molecule has 1 N–H and O–H groups in total. The van der Waals surface area contributed by atoms with Gasteiger partial charge in [0.05, 0.1) is 20.6 Å². The molecule has 2 aromatic rings. The van der Waals surface area contributed by atoms with Crippen molar-refractivity contribution in [3.05, 3.63) is 59.5 Å². The van der Waals surface area contributed by atoms with Gasteiger partial charge in [-0.25, -0.2) is 4.79 Å². The highest BCUT2D eigenvalue weighted by atomic mass is 16.6. The molecule has 0 radical (unpaired) electrons. The van der Waals surface area contributed by atoms with Crippen LogP contribution in [0.5, 0.6) is 0 Å². The van der Waals surface area contributed by atoms with E-state index in [1.165, 1.54) is 4.90 Å². The van der Waals surface area contributed by atoms with Crippen molar-refractivity contribution in [1.29, 1.82) is 0 Å². The first-order valence-electron chi connectivity index (χ1n) is 8.12. The maximum absolute atomic E-state index is 12.1. The van der Waals surface area contributed by atoms with E-state index in [2.05, 4.69) is 33.2 Å². The highest BCUT2D eigenvalue weighted by Gasteiger charge is 2.19. The van der Waals surface area contributed by atoms with Crippen LogP contribution in [-0.4, -0.2) is 32.7 Å². The van der Waals surface area contributed by atoms with E-state index in [0.29, 0.717) is 0 Å². The molecule has 1 aromatic heterocycles. The summed E-state index contributed by atoms with van der Waals surface area (Å²) in [5.74, 6) is 0.755. The zero-order valence-electron chi connectivity index (χ0n) is 14.3. The van der Waals surface area contributed by atoms with Crippen molar-refractivity contribution in [3.8, 4) is 0 Å². The summed E-state index contributed by atoms with van der Waals surface area (Å²) in [7, 11) is 4.16. The molecule has 0 aliphatic rings. The molecular formula is C19H26NO3+. The molecule has 2 rings (SSSR count). The van der Waals surface area contributed by atoms with Crippen molar-refractivity contribution < 1.29 is 18.8 Å². The van der Waals surface area contributed by atoms with E-state index in [0.717, 1.165) is 24.3 Å². The molecule has 0 spiro atoms. The molecular weight excluding hydrogens is 290 g/mol. The third kappa shape index (κ3) is 4.96. The van der Waals surface area contributed by atoms with Crippen LogP contribution in [0.3, 0.4) is 0 Å². The minimum atomic E-state index is -0.391. The van der Waals surface area contributed by atoms with Gasteiger partial charge in [-0.05, 0) is 24.6 Å². The molecule has 0 fully saturated rings. The standard InChI is InChI=1S/C19H25NO3/c1-14(12-13-20(3)4)22-19(21)18-11-10-17(23-18)15(2)16-8-6-5-7-9-16/h5-11,14-15H,12-13H2,1-4H3/p+1/t14-,15+/m0/s1. The number of benzene rings is 1. The van der Waals surface area contributed by atoms with Crippen molar-refractivity contribution in [1.82, 2.24) is 0 Å². The quantitative estimate of drug-likeness (QED) is 0.798. The molecule has 0 saturated carbocycles. The Kier molecular flexibility index (Phi) is 5.99. The summed E-state index contributed by atoms with van der Waals surface area (Å²) in [6, 6.07) is 13.6. The third-order valence-electron chi connectivity index (χ3n) is 3.91. The normalized spacial score (nSPS) is 13.8. The fourth-order valence-corrected chi connectivity index (χ4v) is 2.39. The van der Waals surface area contributed by atoms with Gasteiger partial charge in [0.15, 0.2) is 0 Å². The predicted octanol–water partition coefficient (Wildman–Crippen LogP) is 2.51. The number of ether oxygens (including phenoxy) is 1. The molecule has 0 aliphatic carbocycles. The smallest absolute Gasteiger partial charge is 0.374 e. The van der Waals surface area contributed by atoms with E-state index in [1.54, 1.807) is 6.07 Å². The van der Waals surface area contributed by atoms with Gasteiger partial charge >= 0.3 is 5.97 Å². The van der Waals surface area contributed by atoms with E-state index in [1.807, 2.05) is 31.2 Å². The van der Waals surface area contributed by atoms with Crippen LogP contribution in [0.1, 0.15) is 48.1 Å². The van der Waals surface area contributed by atoms with Gasteiger partial charge in [0.25, 0.3) is 0 Å². The molecule has 0 bridgehead atoms. The Labute approximate surface area is 138 Å². The zero-order valence-corrected chi connectivity index (χ0v) is 14.3. The highest BCUT2D eigenvalue weighted by molar-refractivity contribution is 5.86. The maximum Gasteiger partial charge on any atom is 0.374 e. The van der Waals surface area contributed by atoms with Crippen LogP contribution in [-0.2, 0) is 4.74 Å². The summed E-state index contributed by atoms with van der Waals surface area (Å²) in [6.45, 7) is 4.94. The van der Waals surface area contributed by atoms with Crippen LogP contribution in [0.25, 0.3) is 0 Å². The predicted molar refractivity (Wildman–Crippen MR) is 89.8 cm³/mol. The van der Waals surface area contributed by atoms with E-state index >= 15 is 0 Å². The first kappa shape index (κ1) is 17.3. The lowest BCUT2D eigenvalue weighted by Gasteiger charge is -2.14. The number of hydrogen-bond donors (Lipinski definition) is 1. The van der Waals surface area contributed by atoms with Crippen LogP contribution in [0.2, 0.25) is 0 Å². The maximum atomic E-state index is 12.1. The van der Waals surface area contributed by atoms with Crippen molar-refractivity contribution in [3.63, 3.8) is 0 Å². The van der Waals surface area contributed by atoms with Crippen LogP contribution >= 0.6 is 0 Å². The van der Waals surface area contributed by atoms with Gasteiger partial charge in [-0.3, -0.25) is 0 Å². The number of carbonyl (C=O) groups is 1. The number of rotatable bonds is 7. The van der Waals surface area contributed by atoms with E-state index < -0.39 is 5.97 Å². The molecule has 1 heterocycles. The summed E-state index contributed by atoms with van der Waals surface area (Å²) in [5, 5.41) is 0. The second-order valence-corrected chi connectivity index (χ2v) is 6.30. The molecule has 4 heteroatoms. The summed E-state index contributed by atoms with van der Waals surface area (Å²) < 4.78 is 11.1. The topological polar surface area (TPSA) is 43.9 Å². The molecule has 23 heavy (non-hydrogen) atoms. The van der Waals surface area contributed by atoms with Crippen LogP contribution in [0.4, 0.5) is 0 Å². The van der Waals surface area contributed by atoms with E-state index in [9.17, 15) is 4.79 Å². The number of quaternary nitrogens is 1. The Hall–Kier alpha value is -2.07. The minimum absolute atomic E-state index is 0.104. The Morgan fingerprint density at radius 1 is 1.13 bits per heavy atom. The number of hydrogen-bond acceptors (Lipinski definition) is 3. The van der Waals surface area contributed by atoms with Crippen molar-refractivity contribution in [2.45, 2.75) is 32.3 Å². The molecule has 1 aromatic carbocycles. The van der Waals surface area contributed by atoms with Crippen LogP contribution in [0, 0.1) is 0 Å². The largest absolute Gasteiger partial charge is 0.457 e. The highest BCUT2D eigenvalue weighted by Crippen LogP contribution is 2.26. The first-order valence-corrected chi connectivity index (χ1v) is 8.12. The van der Waals surface area contributed by atoms with Gasteiger partial charge < -0.3 is 14.1 Å². The first-order chi connectivity index (χ1) is 11.0. The van der Waals surface area contributed by atoms with E-state index in [-0.39, 0.29) is 17.8 Å². The number of esters is 1. The van der Waals surface area contributed by atoms with Crippen LogP contribution < -0.4 is 4.90 Å². The number of nitrogens with one attached hydrogen (secondary N) is 1. The molecule has 124 valence electrons. The lowest BCUT2D eigenvalue weighted by molar-refractivity contribution is -0.858. The second-order valence-electron chi connectivity index (χ2n) is 6.30. The second kappa shape index (κ2) is 7.97. The van der Waals surface area contributed by atoms with Gasteiger partial charge in [0.2, 0.25) is 5.76 Å². The van der Waals surface area contributed by atoms with Crippen molar-refractivity contribution >= 4 is 5.97 Å². The number of carbonyl (C=O) groups excluding carboxylic acids is 1. The summed E-state index contributed by atoms with van der Waals surface area (Å²) >= 11 is 0. The minimum Gasteiger partial charge on any atom is -0.457 e. The summed E-state index contributed by atoms with van der Waals surface area (Å²) in [6.07, 6.45) is 0.722. The monoisotopic (exact) mass is 316 g/mol. The number of furan rings is 1. The lowest BCUT2D eigenvalue weighted by Crippen LogP contribution is -3.05. The van der Waals surface area contributed by atoms with E-state index in [4.69, 9.17) is 9.15 Å². The average molecular weight is 316 g/mol. The molecule has 4 nitrogen and oxygen atoms in total. The molecule has 0 amide bonds. The lowest BCUT2D eigenvalue weighted by atomic mass is 9.99. The Balaban J connectivity index is 1.97. The fourth-order valence-electron chi connectivity index (χ4n) is 2.39. The van der Waals surface area contributed by atoms with Gasteiger partial charge in [-0.2, -0.15) is 0 Å². The molecule has 0 saturated heterocycles. The molecule has 0 unspecified atom stereocenters. The van der Waals surface area contributed by atoms with Crippen molar-refractivity contribution in [2.75, 3.05) is 20.6 Å². The summed E-state index contributed by atoms with van der Waals surface area (Å²) in [5.41, 5.74) is 1.16. The molecule has 0 aliphatic heterocycles. The Bertz CT molecular complexity index is 619. The fraction of sp³-hybridized carbons (Fsp3) is 0.421. The average Bonchev–Trinajstić information content (AvgIpc) is 3.03. The van der Waals surface area contributed by atoms with Crippen LogP contribution in [0.15, 0.2) is 46.9 Å². The Morgan fingerprint density at radius 3 is 2.48 bits per heavy atom. The zero-order chi connectivity index (χ0) is 16.8. The summed E-state index contributed by atoms with van der Waals surface area (Å²) in [4.78, 5) is 13.5. The van der Waals surface area contributed by atoms with Gasteiger partial charge in [0.1, 0.15) is 11.9 Å². The Morgan fingerprint density at radius 2 is 1.83 bits per heavy atom. The molecule has 2 atom stereocenters. The van der Waals surface area contributed by atoms with Gasteiger partial charge in [-0.1, -0.05) is 37.3 Å². The van der Waals surface area contributed by atoms with Gasteiger partial charge in [0, 0.05) is 12.3 Å². The SMILES string of the molecule is C[C@H](c1ccccc1)c1ccc(C(=O)O[C@@H](C)CC[NH+](C)C)o1. The van der Waals surface area contributed by atoms with Crippen molar-refractivity contribution in [2.24, 2.45) is 0 Å². The van der Waals surface area contributed by atoms with Gasteiger partial charge in [-0.15, -0.1) is 0 Å².